The number of fused-ring (bicyclic) bond motifs is 1. The minimum absolute atomic E-state index is 0.528. The fourth-order valence-electron chi connectivity index (χ4n) is 2.16. The van der Waals surface area contributed by atoms with E-state index in [-0.39, 0.29) is 0 Å². The number of nitrogens with one attached hydrogen (secondary N) is 1. The van der Waals surface area contributed by atoms with Gasteiger partial charge in [-0.15, -0.1) is 10.2 Å². The molecule has 0 fully saturated rings. The number of nitrogens with zero attached hydrogens (tertiary/aromatic N) is 5. The largest absolute Gasteiger partial charge is 0.357 e. The summed E-state index contributed by atoms with van der Waals surface area (Å²) in [5.41, 5.74) is 0. The van der Waals surface area contributed by atoms with Crippen molar-refractivity contribution in [1.29, 1.82) is 0 Å². The van der Waals surface area contributed by atoms with Gasteiger partial charge in [-0.25, -0.2) is 9.97 Å². The third-order valence-electron chi connectivity index (χ3n) is 3.20. The van der Waals surface area contributed by atoms with Gasteiger partial charge < -0.3 is 9.88 Å². The quantitative estimate of drug-likeness (QED) is 0.879. The van der Waals surface area contributed by atoms with Gasteiger partial charge in [-0.05, 0) is 24.6 Å². The van der Waals surface area contributed by atoms with Crippen LogP contribution in [0.25, 0.3) is 0 Å². The van der Waals surface area contributed by atoms with Gasteiger partial charge in [0.05, 0.1) is 11.2 Å². The first-order chi connectivity index (χ1) is 9.78. The van der Waals surface area contributed by atoms with Gasteiger partial charge in [0.15, 0.2) is 5.16 Å². The fraction of sp³-hybridized carbons (Fsp3) is 0.500. The molecular formula is C12H15ClN6S. The molecule has 0 saturated heterocycles. The Bertz CT molecular complexity index is 614. The molecule has 1 aliphatic rings. The molecule has 106 valence electrons. The zero-order chi connectivity index (χ0) is 13.9. The molecule has 0 aliphatic carbocycles. The van der Waals surface area contributed by atoms with Crippen molar-refractivity contribution in [2.45, 2.75) is 42.4 Å². The van der Waals surface area contributed by atoms with E-state index in [4.69, 9.17) is 11.6 Å². The van der Waals surface area contributed by atoms with Gasteiger partial charge >= 0.3 is 0 Å². The molecule has 0 radical (unpaired) electrons. The van der Waals surface area contributed by atoms with Crippen LogP contribution in [-0.4, -0.2) is 31.8 Å². The van der Waals surface area contributed by atoms with E-state index >= 15 is 0 Å². The molecule has 0 saturated carbocycles. The Kier molecular flexibility index (Phi) is 4.07. The zero-order valence-corrected chi connectivity index (χ0v) is 12.7. The molecule has 0 spiro atoms. The molecule has 1 N–H and O–H groups in total. The predicted molar refractivity (Wildman–Crippen MR) is 78.3 cm³/mol. The van der Waals surface area contributed by atoms with E-state index in [2.05, 4.69) is 30.0 Å². The summed E-state index contributed by atoms with van der Waals surface area (Å²) in [7, 11) is 1.78. The minimum atomic E-state index is 0.528. The number of hydrogen-bond acceptors (Lipinski definition) is 6. The van der Waals surface area contributed by atoms with Crippen molar-refractivity contribution in [2.24, 2.45) is 0 Å². The Hall–Kier alpha value is -1.34. The van der Waals surface area contributed by atoms with Crippen molar-refractivity contribution < 1.29 is 0 Å². The van der Waals surface area contributed by atoms with Gasteiger partial charge in [0.25, 0.3) is 0 Å². The monoisotopic (exact) mass is 310 g/mol. The molecule has 0 amide bonds. The number of rotatable bonds is 3. The second kappa shape index (κ2) is 5.97. The number of anilines is 1. The lowest BCUT2D eigenvalue weighted by Gasteiger charge is -2.07. The molecule has 8 heteroatoms. The van der Waals surface area contributed by atoms with Crippen LogP contribution in [-0.2, 0) is 13.0 Å². The lowest BCUT2D eigenvalue weighted by molar-refractivity contribution is 0.590. The molecule has 2 aromatic rings. The second-order valence-corrected chi connectivity index (χ2v) is 5.92. The SMILES string of the molecule is CNc1ncc(Cl)c(Sc2nnc3n2CCCCC3)n1. The summed E-state index contributed by atoms with van der Waals surface area (Å²) >= 11 is 7.60. The normalized spacial score (nSPS) is 14.7. The molecule has 2 aromatic heterocycles. The van der Waals surface area contributed by atoms with Gasteiger partial charge in [-0.2, -0.15) is 0 Å². The second-order valence-electron chi connectivity index (χ2n) is 4.56. The summed E-state index contributed by atoms with van der Waals surface area (Å²) < 4.78 is 2.18. The molecule has 3 rings (SSSR count). The molecule has 0 unspecified atom stereocenters. The lowest BCUT2D eigenvalue weighted by Crippen LogP contribution is -2.03. The molecule has 0 atom stereocenters. The summed E-state index contributed by atoms with van der Waals surface area (Å²) in [6.45, 7) is 0.965. The van der Waals surface area contributed by atoms with Gasteiger partial charge in [0.1, 0.15) is 10.9 Å². The third-order valence-corrected chi connectivity index (χ3v) is 4.58. The van der Waals surface area contributed by atoms with Crippen LogP contribution < -0.4 is 5.32 Å². The van der Waals surface area contributed by atoms with Crippen LogP contribution >= 0.6 is 23.4 Å². The van der Waals surface area contributed by atoms with E-state index < -0.39 is 0 Å². The summed E-state index contributed by atoms with van der Waals surface area (Å²) in [5, 5.41) is 13.5. The van der Waals surface area contributed by atoms with Crippen LogP contribution in [0.3, 0.4) is 0 Å². The van der Waals surface area contributed by atoms with Crippen molar-refractivity contribution in [3.8, 4) is 0 Å². The maximum absolute atomic E-state index is 6.15. The first-order valence-electron chi connectivity index (χ1n) is 6.58. The Labute approximate surface area is 126 Å². The van der Waals surface area contributed by atoms with Crippen molar-refractivity contribution in [3.63, 3.8) is 0 Å². The molecule has 1 aliphatic heterocycles. The van der Waals surface area contributed by atoms with Gasteiger partial charge in [0.2, 0.25) is 5.95 Å². The van der Waals surface area contributed by atoms with E-state index in [1.54, 1.807) is 13.2 Å². The molecule has 20 heavy (non-hydrogen) atoms. The molecule has 0 aromatic carbocycles. The van der Waals surface area contributed by atoms with E-state index in [9.17, 15) is 0 Å². The number of halogens is 1. The Morgan fingerprint density at radius 2 is 2.20 bits per heavy atom. The third kappa shape index (κ3) is 2.73. The standard InChI is InChI=1S/C12H15ClN6S/c1-14-11-15-7-8(13)10(16-11)20-12-18-17-9-5-3-2-4-6-19(9)12/h7H,2-6H2,1H3,(H,14,15,16). The highest BCUT2D eigenvalue weighted by molar-refractivity contribution is 7.99. The zero-order valence-electron chi connectivity index (χ0n) is 11.1. The Morgan fingerprint density at radius 1 is 1.30 bits per heavy atom. The van der Waals surface area contributed by atoms with E-state index in [0.29, 0.717) is 16.0 Å². The summed E-state index contributed by atoms with van der Waals surface area (Å²) in [6, 6.07) is 0. The van der Waals surface area contributed by atoms with Crippen LogP contribution in [0.2, 0.25) is 5.02 Å². The fourth-order valence-corrected chi connectivity index (χ4v) is 3.21. The minimum Gasteiger partial charge on any atom is -0.357 e. The highest BCUT2D eigenvalue weighted by Crippen LogP contribution is 2.32. The maximum Gasteiger partial charge on any atom is 0.223 e. The van der Waals surface area contributed by atoms with E-state index in [0.717, 1.165) is 30.4 Å². The average Bonchev–Trinajstić information content (AvgIpc) is 2.70. The van der Waals surface area contributed by atoms with Crippen LogP contribution in [0.15, 0.2) is 16.4 Å². The van der Waals surface area contributed by atoms with Crippen LogP contribution in [0.4, 0.5) is 5.95 Å². The van der Waals surface area contributed by atoms with Crippen molar-refractivity contribution in [3.05, 3.63) is 17.0 Å². The highest BCUT2D eigenvalue weighted by atomic mass is 35.5. The smallest absolute Gasteiger partial charge is 0.223 e. The highest BCUT2D eigenvalue weighted by Gasteiger charge is 2.17. The van der Waals surface area contributed by atoms with Crippen molar-refractivity contribution in [1.82, 2.24) is 24.7 Å². The maximum atomic E-state index is 6.15. The molecular weight excluding hydrogens is 296 g/mol. The Balaban J connectivity index is 1.90. The molecule has 6 nitrogen and oxygen atoms in total. The first-order valence-corrected chi connectivity index (χ1v) is 7.77. The number of aromatic nitrogens is 5. The van der Waals surface area contributed by atoms with Crippen molar-refractivity contribution >= 4 is 29.3 Å². The summed E-state index contributed by atoms with van der Waals surface area (Å²) in [4.78, 5) is 8.44. The summed E-state index contributed by atoms with van der Waals surface area (Å²) in [6.07, 6.45) is 6.18. The number of aryl methyl sites for hydroxylation is 1. The lowest BCUT2D eigenvalue weighted by atomic mass is 10.2. The van der Waals surface area contributed by atoms with Crippen molar-refractivity contribution in [2.75, 3.05) is 12.4 Å². The van der Waals surface area contributed by atoms with Crippen LogP contribution in [0, 0.1) is 0 Å². The van der Waals surface area contributed by atoms with E-state index in [1.807, 2.05) is 0 Å². The molecule has 3 heterocycles. The van der Waals surface area contributed by atoms with Crippen LogP contribution in [0.5, 0.6) is 0 Å². The topological polar surface area (TPSA) is 68.5 Å². The first kappa shape index (κ1) is 13.6. The predicted octanol–water partition coefficient (Wildman–Crippen LogP) is 2.64. The average molecular weight is 311 g/mol. The van der Waals surface area contributed by atoms with Gasteiger partial charge in [0, 0.05) is 20.0 Å². The molecule has 0 bridgehead atoms. The Morgan fingerprint density at radius 3 is 3.05 bits per heavy atom. The van der Waals surface area contributed by atoms with Crippen LogP contribution in [0.1, 0.15) is 25.1 Å². The van der Waals surface area contributed by atoms with E-state index in [1.165, 1.54) is 24.6 Å². The summed E-state index contributed by atoms with van der Waals surface area (Å²) in [5.74, 6) is 1.61. The van der Waals surface area contributed by atoms with Gasteiger partial charge in [-0.3, -0.25) is 0 Å². The number of hydrogen-bond donors (Lipinski definition) is 1. The van der Waals surface area contributed by atoms with Gasteiger partial charge in [-0.1, -0.05) is 18.0 Å².